The fraction of sp³-hybridized carbons (Fsp3) is 0.294. The number of carbonyl (C=O) groups excluding carboxylic acids is 2. The van der Waals surface area contributed by atoms with E-state index in [0.29, 0.717) is 40.4 Å². The molecule has 0 aliphatic carbocycles. The summed E-state index contributed by atoms with van der Waals surface area (Å²) in [7, 11) is -3.73. The van der Waals surface area contributed by atoms with Crippen LogP contribution in [0.4, 0.5) is 5.69 Å². The number of sulfonamides is 1. The van der Waals surface area contributed by atoms with Gasteiger partial charge in [0.2, 0.25) is 11.8 Å². The van der Waals surface area contributed by atoms with E-state index in [1.807, 2.05) is 74.5 Å². The van der Waals surface area contributed by atoms with Gasteiger partial charge in [0.05, 0.1) is 10.6 Å². The number of rotatable bonds is 12. The van der Waals surface area contributed by atoms with E-state index in [2.05, 4.69) is 5.32 Å². The molecular formula is C34H36ClN3O4S. The molecule has 1 aliphatic rings. The Bertz CT molecular complexity index is 1720. The second kappa shape index (κ2) is 13.2. The minimum absolute atomic E-state index is 0.0711. The van der Waals surface area contributed by atoms with Gasteiger partial charge in [-0.25, -0.2) is 8.42 Å². The van der Waals surface area contributed by atoms with Gasteiger partial charge in [-0.1, -0.05) is 92.2 Å². The summed E-state index contributed by atoms with van der Waals surface area (Å²) < 4.78 is 28.3. The second-order valence-electron chi connectivity index (χ2n) is 11.3. The molecule has 0 unspecified atom stereocenters. The van der Waals surface area contributed by atoms with E-state index in [0.717, 1.165) is 16.5 Å². The van der Waals surface area contributed by atoms with Crippen molar-refractivity contribution in [2.24, 2.45) is 5.92 Å². The van der Waals surface area contributed by atoms with Crippen LogP contribution in [-0.2, 0) is 32.6 Å². The van der Waals surface area contributed by atoms with E-state index < -0.39 is 16.1 Å². The van der Waals surface area contributed by atoms with E-state index in [9.17, 15) is 18.0 Å². The van der Waals surface area contributed by atoms with E-state index in [-0.39, 0.29) is 37.2 Å². The Labute approximate surface area is 258 Å². The first-order valence-corrected chi connectivity index (χ1v) is 16.4. The molecule has 4 aromatic rings. The SMILES string of the molecule is CC(C)CNC(=O)[C@H](Cc1ccccc1)N(Cc1cccc(Cl)c1)C(=O)CCCN1c2cccc3cccc(c23)S1(=O)=O. The highest BCUT2D eigenvalue weighted by molar-refractivity contribution is 7.93. The third-order valence-corrected chi connectivity index (χ3v) is 9.72. The molecule has 0 bridgehead atoms. The van der Waals surface area contributed by atoms with Crippen molar-refractivity contribution in [2.45, 2.75) is 50.6 Å². The summed E-state index contributed by atoms with van der Waals surface area (Å²) in [6.07, 6.45) is 0.705. The van der Waals surface area contributed by atoms with Crippen molar-refractivity contribution in [2.75, 3.05) is 17.4 Å². The Morgan fingerprint density at radius 1 is 0.907 bits per heavy atom. The molecule has 1 aliphatic heterocycles. The lowest BCUT2D eigenvalue weighted by molar-refractivity contribution is -0.141. The van der Waals surface area contributed by atoms with Crippen molar-refractivity contribution in [3.63, 3.8) is 0 Å². The molecule has 1 heterocycles. The number of benzene rings is 4. The van der Waals surface area contributed by atoms with Crippen molar-refractivity contribution < 1.29 is 18.0 Å². The molecule has 2 amide bonds. The largest absolute Gasteiger partial charge is 0.354 e. The number of hydrogen-bond acceptors (Lipinski definition) is 4. The van der Waals surface area contributed by atoms with Gasteiger partial charge in [-0.3, -0.25) is 13.9 Å². The van der Waals surface area contributed by atoms with E-state index >= 15 is 0 Å². The Morgan fingerprint density at radius 2 is 1.60 bits per heavy atom. The molecule has 0 fully saturated rings. The van der Waals surface area contributed by atoms with Gasteiger partial charge in [0.25, 0.3) is 10.0 Å². The van der Waals surface area contributed by atoms with Crippen molar-refractivity contribution in [3.8, 4) is 0 Å². The van der Waals surface area contributed by atoms with Gasteiger partial charge in [0.1, 0.15) is 6.04 Å². The van der Waals surface area contributed by atoms with Crippen LogP contribution in [0.25, 0.3) is 10.8 Å². The standard InChI is InChI=1S/C34H36ClN3O4S/c1-24(2)22-36-34(40)30(21-25-10-4-3-5-11-25)37(23-26-12-6-15-28(35)20-26)32(39)18-9-19-38-29-16-7-13-27-14-8-17-31(33(27)29)43(38,41)42/h3-8,10-17,20,24,30H,9,18-19,21-23H2,1-2H3,(H,36,40)/t30-/m0/s1. The van der Waals surface area contributed by atoms with Crippen LogP contribution in [0.5, 0.6) is 0 Å². The van der Waals surface area contributed by atoms with Gasteiger partial charge in [-0.2, -0.15) is 0 Å². The van der Waals surface area contributed by atoms with Gasteiger partial charge >= 0.3 is 0 Å². The average molecular weight is 618 g/mol. The topological polar surface area (TPSA) is 86.8 Å². The number of anilines is 1. The normalized spacial score (nSPS) is 14.2. The highest BCUT2D eigenvalue weighted by atomic mass is 35.5. The zero-order chi connectivity index (χ0) is 30.6. The minimum atomic E-state index is -3.73. The number of nitrogens with zero attached hydrogens (tertiary/aromatic N) is 2. The Morgan fingerprint density at radius 3 is 2.33 bits per heavy atom. The van der Waals surface area contributed by atoms with Crippen molar-refractivity contribution in [1.29, 1.82) is 0 Å². The lowest BCUT2D eigenvalue weighted by Gasteiger charge is -2.32. The van der Waals surface area contributed by atoms with Gasteiger partial charge in [-0.15, -0.1) is 0 Å². The molecule has 224 valence electrons. The smallest absolute Gasteiger partial charge is 0.265 e. The van der Waals surface area contributed by atoms with Crippen molar-refractivity contribution in [1.82, 2.24) is 10.2 Å². The van der Waals surface area contributed by atoms with E-state index in [4.69, 9.17) is 11.6 Å². The summed E-state index contributed by atoms with van der Waals surface area (Å²) >= 11 is 6.27. The summed E-state index contributed by atoms with van der Waals surface area (Å²) in [5.41, 5.74) is 2.37. The third-order valence-electron chi connectivity index (χ3n) is 7.63. The summed E-state index contributed by atoms with van der Waals surface area (Å²) in [5.74, 6) is -0.209. The molecule has 0 saturated heterocycles. The molecule has 1 N–H and O–H groups in total. The fourth-order valence-electron chi connectivity index (χ4n) is 5.52. The number of hydrogen-bond donors (Lipinski definition) is 1. The number of amides is 2. The number of halogens is 1. The van der Waals surface area contributed by atoms with Crippen molar-refractivity contribution >= 4 is 49.9 Å². The first kappa shape index (κ1) is 30.6. The summed E-state index contributed by atoms with van der Waals surface area (Å²) in [5, 5.41) is 5.14. The van der Waals surface area contributed by atoms with Crippen LogP contribution < -0.4 is 9.62 Å². The molecule has 4 aromatic carbocycles. The van der Waals surface area contributed by atoms with E-state index in [1.54, 1.807) is 35.2 Å². The molecule has 0 radical (unpaired) electrons. The lowest BCUT2D eigenvalue weighted by atomic mass is 10.0. The van der Waals surface area contributed by atoms with Gasteiger partial charge in [-0.05, 0) is 53.1 Å². The van der Waals surface area contributed by atoms with Crippen LogP contribution in [0.3, 0.4) is 0 Å². The monoisotopic (exact) mass is 617 g/mol. The quantitative estimate of drug-likeness (QED) is 0.205. The summed E-state index contributed by atoms with van der Waals surface area (Å²) in [6.45, 7) is 4.87. The maximum Gasteiger partial charge on any atom is 0.265 e. The summed E-state index contributed by atoms with van der Waals surface area (Å²) in [4.78, 5) is 29.5. The van der Waals surface area contributed by atoms with E-state index in [1.165, 1.54) is 4.31 Å². The molecule has 7 nitrogen and oxygen atoms in total. The van der Waals surface area contributed by atoms with Crippen LogP contribution in [-0.4, -0.2) is 44.3 Å². The predicted octanol–water partition coefficient (Wildman–Crippen LogP) is 6.19. The second-order valence-corrected chi connectivity index (χ2v) is 13.6. The molecule has 0 aromatic heterocycles. The molecule has 0 saturated carbocycles. The molecule has 5 rings (SSSR count). The minimum Gasteiger partial charge on any atom is -0.354 e. The molecule has 0 spiro atoms. The molecule has 1 atom stereocenters. The van der Waals surface area contributed by atoms with Crippen LogP contribution >= 0.6 is 11.6 Å². The first-order valence-electron chi connectivity index (χ1n) is 14.5. The molecule has 43 heavy (non-hydrogen) atoms. The van der Waals surface area contributed by atoms with Crippen molar-refractivity contribution in [3.05, 3.63) is 107 Å². The van der Waals surface area contributed by atoms with Crippen LogP contribution in [0.2, 0.25) is 5.02 Å². The lowest BCUT2D eigenvalue weighted by Crippen LogP contribution is -2.51. The third kappa shape index (κ3) is 6.86. The van der Waals surface area contributed by atoms with Crippen LogP contribution in [0, 0.1) is 5.92 Å². The van der Waals surface area contributed by atoms with Gasteiger partial charge < -0.3 is 10.2 Å². The maximum atomic E-state index is 14.0. The highest BCUT2D eigenvalue weighted by Crippen LogP contribution is 2.42. The predicted molar refractivity (Wildman–Crippen MR) is 171 cm³/mol. The molecular weight excluding hydrogens is 582 g/mol. The first-order chi connectivity index (χ1) is 20.6. The van der Waals surface area contributed by atoms with Crippen LogP contribution in [0.1, 0.15) is 37.8 Å². The highest BCUT2D eigenvalue weighted by Gasteiger charge is 2.36. The van der Waals surface area contributed by atoms with Gasteiger partial charge in [0, 0.05) is 42.9 Å². The van der Waals surface area contributed by atoms with Gasteiger partial charge in [0.15, 0.2) is 0 Å². The average Bonchev–Trinajstić information content (AvgIpc) is 3.21. The van der Waals surface area contributed by atoms with Crippen LogP contribution in [0.15, 0.2) is 95.9 Å². The fourth-order valence-corrected chi connectivity index (χ4v) is 7.49. The zero-order valence-corrected chi connectivity index (χ0v) is 25.9. The Kier molecular flexibility index (Phi) is 9.37. The summed E-state index contributed by atoms with van der Waals surface area (Å²) in [6, 6.07) is 27.0. The zero-order valence-electron chi connectivity index (χ0n) is 24.4. The maximum absolute atomic E-state index is 14.0. The number of nitrogens with one attached hydrogen (secondary N) is 1. The Hall–Kier alpha value is -3.88. The number of carbonyl (C=O) groups is 2. The Balaban J connectivity index is 1.39. The molecule has 9 heteroatoms.